The molecule has 1 aromatic carbocycles. The molecule has 0 radical (unpaired) electrons. The molecule has 152 valence electrons. The van der Waals surface area contributed by atoms with Crippen molar-refractivity contribution >= 4 is 15.9 Å². The van der Waals surface area contributed by atoms with E-state index < -0.39 is 10.0 Å². The number of carbonyl (C=O) groups is 1. The molecule has 0 bridgehead atoms. The van der Waals surface area contributed by atoms with Gasteiger partial charge in [-0.3, -0.25) is 4.79 Å². The minimum Gasteiger partial charge on any atom is -0.478 e. The number of amides is 1. The molecule has 0 spiro atoms. The standard InChI is InChI=1S/C19H25N3O5S/c1-4-27-19-15(6-5-9-20-19)13-21-18(23)17-12-16(8-7-14(17)2)28(24,25)22-10-11-26-3/h5-9,12,22H,4,10-11,13H2,1-3H3,(H,21,23). The van der Waals surface area contributed by atoms with Gasteiger partial charge in [0, 0.05) is 37.5 Å². The number of nitrogens with one attached hydrogen (secondary N) is 2. The fourth-order valence-corrected chi connectivity index (χ4v) is 3.51. The van der Waals surface area contributed by atoms with Crippen LogP contribution in [-0.4, -0.2) is 46.2 Å². The highest BCUT2D eigenvalue weighted by atomic mass is 32.2. The first kappa shape index (κ1) is 21.8. The number of carbonyl (C=O) groups excluding carboxylic acids is 1. The first-order valence-electron chi connectivity index (χ1n) is 8.83. The molecule has 2 aromatic rings. The number of hydrogen-bond donors (Lipinski definition) is 2. The second-order valence-electron chi connectivity index (χ2n) is 5.95. The number of benzene rings is 1. The summed E-state index contributed by atoms with van der Waals surface area (Å²) >= 11 is 0. The highest BCUT2D eigenvalue weighted by Crippen LogP contribution is 2.17. The van der Waals surface area contributed by atoms with E-state index in [9.17, 15) is 13.2 Å². The van der Waals surface area contributed by atoms with Gasteiger partial charge in [-0.05, 0) is 37.6 Å². The summed E-state index contributed by atoms with van der Waals surface area (Å²) in [5, 5.41) is 2.79. The maximum atomic E-state index is 12.6. The molecule has 28 heavy (non-hydrogen) atoms. The van der Waals surface area contributed by atoms with E-state index in [-0.39, 0.29) is 36.1 Å². The first-order valence-corrected chi connectivity index (χ1v) is 10.3. The van der Waals surface area contributed by atoms with Gasteiger partial charge in [-0.1, -0.05) is 12.1 Å². The molecule has 0 aliphatic heterocycles. The second-order valence-corrected chi connectivity index (χ2v) is 7.72. The van der Waals surface area contributed by atoms with E-state index >= 15 is 0 Å². The number of aromatic nitrogens is 1. The summed E-state index contributed by atoms with van der Waals surface area (Å²) in [5.74, 6) is 0.0819. The molecule has 0 aliphatic rings. The van der Waals surface area contributed by atoms with E-state index in [1.165, 1.54) is 19.2 Å². The third-order valence-corrected chi connectivity index (χ3v) is 5.39. The van der Waals surface area contributed by atoms with Gasteiger partial charge in [0.25, 0.3) is 5.91 Å². The van der Waals surface area contributed by atoms with Crippen LogP contribution in [0.15, 0.2) is 41.4 Å². The lowest BCUT2D eigenvalue weighted by Crippen LogP contribution is -2.28. The zero-order valence-electron chi connectivity index (χ0n) is 16.2. The van der Waals surface area contributed by atoms with E-state index in [4.69, 9.17) is 9.47 Å². The van der Waals surface area contributed by atoms with Crippen LogP contribution in [0.3, 0.4) is 0 Å². The van der Waals surface area contributed by atoms with Crippen molar-refractivity contribution in [2.24, 2.45) is 0 Å². The van der Waals surface area contributed by atoms with Gasteiger partial charge in [-0.25, -0.2) is 18.1 Å². The molecule has 1 amide bonds. The first-order chi connectivity index (χ1) is 13.4. The Hall–Kier alpha value is -2.49. The van der Waals surface area contributed by atoms with Crippen LogP contribution in [0, 0.1) is 6.92 Å². The van der Waals surface area contributed by atoms with Gasteiger partial charge in [0.15, 0.2) is 0 Å². The molecule has 2 N–H and O–H groups in total. The Kier molecular flexibility index (Phi) is 7.91. The van der Waals surface area contributed by atoms with Crippen molar-refractivity contribution in [2.45, 2.75) is 25.3 Å². The number of rotatable bonds is 10. The largest absolute Gasteiger partial charge is 0.478 e. The van der Waals surface area contributed by atoms with Gasteiger partial charge in [0.1, 0.15) is 0 Å². The molecule has 0 unspecified atom stereocenters. The van der Waals surface area contributed by atoms with Crippen LogP contribution in [0.5, 0.6) is 5.88 Å². The lowest BCUT2D eigenvalue weighted by Gasteiger charge is -2.12. The number of nitrogens with zero attached hydrogens (tertiary/aromatic N) is 1. The average molecular weight is 407 g/mol. The molecule has 9 heteroatoms. The summed E-state index contributed by atoms with van der Waals surface area (Å²) in [6.45, 7) is 4.69. The lowest BCUT2D eigenvalue weighted by atomic mass is 10.1. The minimum atomic E-state index is -3.73. The van der Waals surface area contributed by atoms with Gasteiger partial charge in [-0.15, -0.1) is 0 Å². The van der Waals surface area contributed by atoms with Crippen molar-refractivity contribution in [1.29, 1.82) is 0 Å². The average Bonchev–Trinajstić information content (AvgIpc) is 2.67. The number of sulfonamides is 1. The molecular weight excluding hydrogens is 382 g/mol. The predicted molar refractivity (Wildman–Crippen MR) is 105 cm³/mol. The summed E-state index contributed by atoms with van der Waals surface area (Å²) in [5.41, 5.74) is 1.70. The van der Waals surface area contributed by atoms with Crippen LogP contribution >= 0.6 is 0 Å². The molecule has 8 nitrogen and oxygen atoms in total. The number of methoxy groups -OCH3 is 1. The van der Waals surface area contributed by atoms with Crippen molar-refractivity contribution in [3.05, 3.63) is 53.2 Å². The zero-order valence-corrected chi connectivity index (χ0v) is 17.0. The molecule has 0 saturated heterocycles. The van der Waals surface area contributed by atoms with Gasteiger partial charge in [0.05, 0.1) is 18.1 Å². The summed E-state index contributed by atoms with van der Waals surface area (Å²) < 4.78 is 37.5. The van der Waals surface area contributed by atoms with Gasteiger partial charge in [-0.2, -0.15) is 0 Å². The highest BCUT2D eigenvalue weighted by molar-refractivity contribution is 7.89. The van der Waals surface area contributed by atoms with E-state index in [0.29, 0.717) is 18.1 Å². The summed E-state index contributed by atoms with van der Waals surface area (Å²) in [6, 6.07) is 8.01. The van der Waals surface area contributed by atoms with Gasteiger partial charge < -0.3 is 14.8 Å². The molecule has 0 saturated carbocycles. The second kappa shape index (κ2) is 10.2. The van der Waals surface area contributed by atoms with E-state index in [1.807, 2.05) is 13.0 Å². The number of aryl methyl sites for hydroxylation is 1. The molecule has 0 aliphatic carbocycles. The summed E-state index contributed by atoms with van der Waals surface area (Å²) in [6.07, 6.45) is 1.62. The highest BCUT2D eigenvalue weighted by Gasteiger charge is 2.18. The molecule has 2 rings (SSSR count). The maximum Gasteiger partial charge on any atom is 0.251 e. The molecule has 1 aromatic heterocycles. The van der Waals surface area contributed by atoms with Crippen molar-refractivity contribution < 1.29 is 22.7 Å². The Balaban J connectivity index is 2.15. The summed E-state index contributed by atoms with van der Waals surface area (Å²) in [7, 11) is -2.24. The van der Waals surface area contributed by atoms with Crippen LogP contribution in [0.2, 0.25) is 0 Å². The van der Waals surface area contributed by atoms with Crippen molar-refractivity contribution in [2.75, 3.05) is 26.9 Å². The Morgan fingerprint density at radius 3 is 2.75 bits per heavy atom. The molecule has 0 atom stereocenters. The maximum absolute atomic E-state index is 12.6. The number of pyridine rings is 1. The third-order valence-electron chi connectivity index (χ3n) is 3.93. The van der Waals surface area contributed by atoms with Crippen LogP contribution in [0.4, 0.5) is 0 Å². The Morgan fingerprint density at radius 1 is 1.25 bits per heavy atom. The molecule has 1 heterocycles. The predicted octanol–water partition coefficient (Wildman–Crippen LogP) is 1.64. The fourth-order valence-electron chi connectivity index (χ4n) is 2.47. The Labute approximate surface area is 165 Å². The van der Waals surface area contributed by atoms with Gasteiger partial charge >= 0.3 is 0 Å². The molecule has 0 fully saturated rings. The third kappa shape index (κ3) is 5.75. The Bertz CT molecular complexity index is 916. The van der Waals surface area contributed by atoms with E-state index in [1.54, 1.807) is 25.3 Å². The van der Waals surface area contributed by atoms with E-state index in [0.717, 1.165) is 5.56 Å². The normalized spacial score (nSPS) is 11.2. The van der Waals surface area contributed by atoms with Crippen LogP contribution < -0.4 is 14.8 Å². The Morgan fingerprint density at radius 2 is 2.04 bits per heavy atom. The topological polar surface area (TPSA) is 107 Å². The van der Waals surface area contributed by atoms with Crippen LogP contribution in [0.1, 0.15) is 28.4 Å². The van der Waals surface area contributed by atoms with Gasteiger partial charge in [0.2, 0.25) is 15.9 Å². The number of hydrogen-bond acceptors (Lipinski definition) is 6. The van der Waals surface area contributed by atoms with Crippen LogP contribution in [0.25, 0.3) is 0 Å². The summed E-state index contributed by atoms with van der Waals surface area (Å²) in [4.78, 5) is 16.8. The van der Waals surface area contributed by atoms with Crippen molar-refractivity contribution in [3.8, 4) is 5.88 Å². The lowest BCUT2D eigenvalue weighted by molar-refractivity contribution is 0.0949. The van der Waals surface area contributed by atoms with E-state index in [2.05, 4.69) is 15.0 Å². The zero-order chi connectivity index (χ0) is 20.6. The smallest absolute Gasteiger partial charge is 0.251 e. The van der Waals surface area contributed by atoms with Crippen LogP contribution in [-0.2, 0) is 21.3 Å². The minimum absolute atomic E-state index is 0.0238. The monoisotopic (exact) mass is 407 g/mol. The van der Waals surface area contributed by atoms with Crippen molar-refractivity contribution in [1.82, 2.24) is 15.0 Å². The fraction of sp³-hybridized carbons (Fsp3) is 0.368. The SMILES string of the molecule is CCOc1ncccc1CNC(=O)c1cc(S(=O)(=O)NCCOC)ccc1C. The quantitative estimate of drug-likeness (QED) is 0.580. The molecular formula is C19H25N3O5S. The van der Waals surface area contributed by atoms with Crippen molar-refractivity contribution in [3.63, 3.8) is 0 Å². The number of ether oxygens (including phenoxy) is 2.